The van der Waals surface area contributed by atoms with E-state index in [9.17, 15) is 4.79 Å². The zero-order valence-electron chi connectivity index (χ0n) is 15.2. The number of benzene rings is 2. The largest absolute Gasteiger partial charge is 0.497 e. The molecule has 28 heavy (non-hydrogen) atoms. The Hall–Kier alpha value is -3.29. The molecule has 5 rings (SSSR count). The third kappa shape index (κ3) is 2.27. The molecule has 2 aromatic carbocycles. The number of rotatable bonds is 2. The molecule has 3 heterocycles. The molecule has 1 fully saturated rings. The summed E-state index contributed by atoms with van der Waals surface area (Å²) in [6.07, 6.45) is 1.20. The smallest absolute Gasteiger partial charge is 0.283 e. The first-order valence-corrected chi connectivity index (χ1v) is 9.01. The number of hydrogen-bond acceptors (Lipinski definition) is 6. The van der Waals surface area contributed by atoms with Gasteiger partial charge < -0.3 is 24.8 Å². The number of anilines is 1. The van der Waals surface area contributed by atoms with Gasteiger partial charge in [-0.05, 0) is 30.7 Å². The van der Waals surface area contributed by atoms with E-state index in [1.807, 2.05) is 0 Å². The molecule has 3 aliphatic heterocycles. The van der Waals surface area contributed by atoms with Crippen molar-refractivity contribution in [1.29, 1.82) is 0 Å². The van der Waals surface area contributed by atoms with Crippen LogP contribution in [-0.2, 0) is 15.1 Å². The molecule has 0 aliphatic carbocycles. The third-order valence-electron chi connectivity index (χ3n) is 5.43. The van der Waals surface area contributed by atoms with Gasteiger partial charge in [-0.2, -0.15) is 0 Å². The summed E-state index contributed by atoms with van der Waals surface area (Å²) in [5, 5.41) is 0. The van der Waals surface area contributed by atoms with Gasteiger partial charge in [0.1, 0.15) is 18.1 Å². The van der Waals surface area contributed by atoms with Crippen LogP contribution in [0.5, 0.6) is 17.2 Å². The summed E-state index contributed by atoms with van der Waals surface area (Å²) in [6.45, 7) is 0.656. The maximum Gasteiger partial charge on any atom is 0.283 e. The van der Waals surface area contributed by atoms with Crippen molar-refractivity contribution in [3.05, 3.63) is 47.3 Å². The number of halogens is 1. The Kier molecular flexibility index (Phi) is 3.52. The molecule has 0 radical (unpaired) electrons. The summed E-state index contributed by atoms with van der Waals surface area (Å²) in [6, 6.07) is 8.32. The molecule has 1 saturated heterocycles. The molecule has 144 valence electrons. The standard InChI is InChI=1S/C20H18FN3O4/c1-26-12-4-5-16-13(9-12)20(10-27-19(22)23-20)14-7-11(8-15(21)18(14)28-16)24-6-2-3-17(24)25/h4-5,7-9H,2-3,6,10H2,1H3,(H2,22,23)/t20-/m0/s1. The summed E-state index contributed by atoms with van der Waals surface area (Å²) in [7, 11) is 1.56. The monoisotopic (exact) mass is 383 g/mol. The van der Waals surface area contributed by atoms with Crippen LogP contribution >= 0.6 is 0 Å². The van der Waals surface area contributed by atoms with E-state index in [-0.39, 0.29) is 24.3 Å². The van der Waals surface area contributed by atoms with Crippen molar-refractivity contribution in [3.8, 4) is 17.2 Å². The van der Waals surface area contributed by atoms with Crippen LogP contribution in [0, 0.1) is 5.82 Å². The minimum Gasteiger partial charge on any atom is -0.497 e. The molecular formula is C20H18FN3O4. The van der Waals surface area contributed by atoms with Gasteiger partial charge in [0.25, 0.3) is 6.02 Å². The number of amidine groups is 1. The van der Waals surface area contributed by atoms with E-state index in [0.717, 1.165) is 6.42 Å². The fourth-order valence-electron chi connectivity index (χ4n) is 4.08. The molecule has 1 amide bonds. The number of hydrogen-bond donors (Lipinski definition) is 1. The van der Waals surface area contributed by atoms with Crippen LogP contribution in [0.4, 0.5) is 10.1 Å². The lowest BCUT2D eigenvalue weighted by atomic mass is 9.81. The summed E-state index contributed by atoms with van der Waals surface area (Å²) in [5.74, 6) is 0.540. The van der Waals surface area contributed by atoms with Crippen LogP contribution in [0.1, 0.15) is 24.0 Å². The number of nitrogens with zero attached hydrogens (tertiary/aromatic N) is 2. The molecule has 1 atom stereocenters. The molecule has 8 heteroatoms. The predicted molar refractivity (Wildman–Crippen MR) is 99.4 cm³/mol. The van der Waals surface area contributed by atoms with Gasteiger partial charge in [0.15, 0.2) is 17.1 Å². The van der Waals surface area contributed by atoms with Crippen molar-refractivity contribution >= 4 is 17.6 Å². The summed E-state index contributed by atoms with van der Waals surface area (Å²) in [4.78, 5) is 18.3. The average molecular weight is 383 g/mol. The van der Waals surface area contributed by atoms with Crippen LogP contribution in [0.2, 0.25) is 0 Å². The molecule has 7 nitrogen and oxygen atoms in total. The molecule has 3 aliphatic rings. The van der Waals surface area contributed by atoms with Gasteiger partial charge in [-0.15, -0.1) is 0 Å². The SMILES string of the molecule is COc1ccc2c(c1)[C@@]1(COC(N)=N1)c1cc(N3CCCC3=O)cc(F)c1O2. The van der Waals surface area contributed by atoms with E-state index in [4.69, 9.17) is 19.9 Å². The Morgan fingerprint density at radius 2 is 2.14 bits per heavy atom. The van der Waals surface area contributed by atoms with Crippen LogP contribution in [0.15, 0.2) is 35.3 Å². The summed E-state index contributed by atoms with van der Waals surface area (Å²) < 4.78 is 31.8. The van der Waals surface area contributed by atoms with Crippen molar-refractivity contribution < 1.29 is 23.4 Å². The van der Waals surface area contributed by atoms with Gasteiger partial charge in [-0.3, -0.25) is 4.79 Å². The fraction of sp³-hybridized carbons (Fsp3) is 0.300. The second-order valence-electron chi connectivity index (χ2n) is 7.02. The molecule has 0 unspecified atom stereocenters. The normalized spacial score (nSPS) is 22.4. The van der Waals surface area contributed by atoms with Crippen LogP contribution in [0.25, 0.3) is 0 Å². The molecule has 1 spiro atoms. The quantitative estimate of drug-likeness (QED) is 0.862. The first-order chi connectivity index (χ1) is 13.5. The molecule has 2 N–H and O–H groups in total. The highest BCUT2D eigenvalue weighted by Gasteiger charge is 2.48. The summed E-state index contributed by atoms with van der Waals surface area (Å²) in [5.41, 5.74) is 6.40. The Balaban J connectivity index is 1.75. The zero-order valence-corrected chi connectivity index (χ0v) is 15.2. The number of amides is 1. The summed E-state index contributed by atoms with van der Waals surface area (Å²) >= 11 is 0. The second kappa shape index (κ2) is 5.85. The second-order valence-corrected chi connectivity index (χ2v) is 7.02. The van der Waals surface area contributed by atoms with Gasteiger partial charge in [0.05, 0.1) is 7.11 Å². The van der Waals surface area contributed by atoms with Gasteiger partial charge >= 0.3 is 0 Å². The number of nitrogens with two attached hydrogens (primary N) is 1. The maximum atomic E-state index is 15.1. The van der Waals surface area contributed by atoms with Crippen LogP contribution in [0.3, 0.4) is 0 Å². The van der Waals surface area contributed by atoms with Crippen molar-refractivity contribution in [2.75, 3.05) is 25.2 Å². The Labute approximate surface area is 160 Å². The highest BCUT2D eigenvalue weighted by atomic mass is 19.1. The van der Waals surface area contributed by atoms with E-state index in [0.29, 0.717) is 41.3 Å². The Morgan fingerprint density at radius 3 is 2.82 bits per heavy atom. The molecular weight excluding hydrogens is 365 g/mol. The first kappa shape index (κ1) is 16.9. The average Bonchev–Trinajstić information content (AvgIpc) is 3.29. The van der Waals surface area contributed by atoms with E-state index in [1.165, 1.54) is 6.07 Å². The Bertz CT molecular complexity index is 1040. The van der Waals surface area contributed by atoms with E-state index < -0.39 is 11.4 Å². The number of methoxy groups -OCH3 is 1. The van der Waals surface area contributed by atoms with E-state index in [2.05, 4.69) is 4.99 Å². The molecule has 2 aromatic rings. The van der Waals surface area contributed by atoms with Gasteiger partial charge in [0, 0.05) is 35.8 Å². The number of aliphatic imine (C=N–C) groups is 1. The minimum atomic E-state index is -1.07. The number of fused-ring (bicyclic) bond motifs is 4. The van der Waals surface area contributed by atoms with Gasteiger partial charge in [-0.1, -0.05) is 0 Å². The maximum absolute atomic E-state index is 15.1. The minimum absolute atomic E-state index is 0.0182. The molecule has 0 bridgehead atoms. The number of carbonyl (C=O) groups excluding carboxylic acids is 1. The van der Waals surface area contributed by atoms with Crippen LogP contribution in [-0.4, -0.2) is 32.2 Å². The van der Waals surface area contributed by atoms with Crippen molar-refractivity contribution in [2.45, 2.75) is 18.4 Å². The number of carbonyl (C=O) groups is 1. The lowest BCUT2D eigenvalue weighted by Gasteiger charge is -2.34. The van der Waals surface area contributed by atoms with Crippen molar-refractivity contribution in [1.82, 2.24) is 0 Å². The van der Waals surface area contributed by atoms with Crippen LogP contribution < -0.4 is 20.1 Å². The number of ether oxygens (including phenoxy) is 3. The molecule has 0 aromatic heterocycles. The lowest BCUT2D eigenvalue weighted by Crippen LogP contribution is -2.32. The van der Waals surface area contributed by atoms with Crippen molar-refractivity contribution in [2.24, 2.45) is 10.7 Å². The zero-order chi connectivity index (χ0) is 19.5. The third-order valence-corrected chi connectivity index (χ3v) is 5.43. The van der Waals surface area contributed by atoms with E-state index >= 15 is 4.39 Å². The van der Waals surface area contributed by atoms with Gasteiger partial charge in [0.2, 0.25) is 5.91 Å². The van der Waals surface area contributed by atoms with Gasteiger partial charge in [-0.25, -0.2) is 9.38 Å². The van der Waals surface area contributed by atoms with Crippen molar-refractivity contribution in [3.63, 3.8) is 0 Å². The topological polar surface area (TPSA) is 86.4 Å². The highest BCUT2D eigenvalue weighted by Crippen LogP contribution is 2.53. The first-order valence-electron chi connectivity index (χ1n) is 9.01. The Morgan fingerprint density at radius 1 is 1.29 bits per heavy atom. The highest BCUT2D eigenvalue weighted by molar-refractivity contribution is 5.95. The lowest BCUT2D eigenvalue weighted by molar-refractivity contribution is -0.117. The molecule has 0 saturated carbocycles. The van der Waals surface area contributed by atoms with E-state index in [1.54, 1.807) is 36.3 Å². The fourth-order valence-corrected chi connectivity index (χ4v) is 4.08. The predicted octanol–water partition coefficient (Wildman–Crippen LogP) is 2.66.